The van der Waals surface area contributed by atoms with Crippen molar-refractivity contribution in [2.75, 3.05) is 6.61 Å². The maximum atomic E-state index is 12.9. The zero-order chi connectivity index (χ0) is 13.7. The van der Waals surface area contributed by atoms with Crippen LogP contribution in [0, 0.1) is 5.82 Å². The lowest BCUT2D eigenvalue weighted by Crippen LogP contribution is -2.11. The Balaban J connectivity index is 2.10. The van der Waals surface area contributed by atoms with E-state index >= 15 is 0 Å². The maximum absolute atomic E-state index is 12.9. The predicted molar refractivity (Wildman–Crippen MR) is 74.7 cm³/mol. The number of hydrogen-bond acceptors (Lipinski definition) is 2. The number of hydrogen-bond donors (Lipinski definition) is 1. The molecule has 0 aliphatic carbocycles. The van der Waals surface area contributed by atoms with Gasteiger partial charge in [-0.3, -0.25) is 0 Å². The lowest BCUT2D eigenvalue weighted by atomic mass is 10.00. The average Bonchev–Trinajstić information content (AvgIpc) is 2.46. The van der Waals surface area contributed by atoms with Crippen molar-refractivity contribution in [1.82, 2.24) is 0 Å². The van der Waals surface area contributed by atoms with Crippen LogP contribution in [0.25, 0.3) is 0 Å². The van der Waals surface area contributed by atoms with Crippen LogP contribution in [-0.2, 0) is 0 Å². The van der Waals surface area contributed by atoms with Crippen LogP contribution in [-0.4, -0.2) is 6.61 Å². The minimum atomic E-state index is -0.251. The Labute approximate surface area is 113 Å². The van der Waals surface area contributed by atoms with E-state index in [1.165, 1.54) is 12.1 Å². The predicted octanol–water partition coefficient (Wildman–Crippen LogP) is 3.66. The van der Waals surface area contributed by atoms with Crippen molar-refractivity contribution in [2.24, 2.45) is 5.73 Å². The molecule has 2 aromatic carbocycles. The smallest absolute Gasteiger partial charge is 0.123 e. The normalized spacial score (nSPS) is 12.2. The molecule has 100 valence electrons. The molecule has 0 amide bonds. The maximum Gasteiger partial charge on any atom is 0.123 e. The second-order valence-corrected chi connectivity index (χ2v) is 4.45. The molecule has 0 aliphatic rings. The Morgan fingerprint density at radius 1 is 1.00 bits per heavy atom. The summed E-state index contributed by atoms with van der Waals surface area (Å²) in [6.45, 7) is 2.78. The molecule has 0 fully saturated rings. The molecule has 2 nitrogen and oxygen atoms in total. The zero-order valence-corrected chi connectivity index (χ0v) is 11.0. The highest BCUT2D eigenvalue weighted by molar-refractivity contribution is 5.35. The van der Waals surface area contributed by atoms with Gasteiger partial charge in [-0.05, 0) is 41.8 Å². The van der Waals surface area contributed by atoms with Gasteiger partial charge in [0.05, 0.1) is 12.6 Å². The average molecular weight is 259 g/mol. The standard InChI is InChI=1S/C16H18FNO/c1-2-11-19-15-9-5-13(6-10-15)16(18)12-3-7-14(17)8-4-12/h3-10,16H,2,11,18H2,1H3. The van der Waals surface area contributed by atoms with Crippen LogP contribution in [0.1, 0.15) is 30.5 Å². The van der Waals surface area contributed by atoms with E-state index in [0.717, 1.165) is 23.3 Å². The van der Waals surface area contributed by atoms with Gasteiger partial charge < -0.3 is 10.5 Å². The highest BCUT2D eigenvalue weighted by Gasteiger charge is 2.08. The molecule has 0 radical (unpaired) electrons. The first-order valence-corrected chi connectivity index (χ1v) is 6.44. The molecular formula is C16H18FNO. The first kappa shape index (κ1) is 13.6. The molecule has 2 N–H and O–H groups in total. The van der Waals surface area contributed by atoms with Gasteiger partial charge in [-0.15, -0.1) is 0 Å². The van der Waals surface area contributed by atoms with E-state index < -0.39 is 0 Å². The van der Waals surface area contributed by atoms with Gasteiger partial charge in [-0.2, -0.15) is 0 Å². The third-order valence-corrected chi connectivity index (χ3v) is 2.94. The first-order chi connectivity index (χ1) is 9.20. The summed E-state index contributed by atoms with van der Waals surface area (Å²) in [6.07, 6.45) is 0.983. The molecule has 19 heavy (non-hydrogen) atoms. The summed E-state index contributed by atoms with van der Waals surface area (Å²) >= 11 is 0. The molecule has 3 heteroatoms. The van der Waals surface area contributed by atoms with E-state index in [1.807, 2.05) is 24.3 Å². The van der Waals surface area contributed by atoms with E-state index in [4.69, 9.17) is 10.5 Å². The highest BCUT2D eigenvalue weighted by atomic mass is 19.1. The van der Waals surface area contributed by atoms with Gasteiger partial charge in [0.2, 0.25) is 0 Å². The summed E-state index contributed by atoms with van der Waals surface area (Å²) in [5.41, 5.74) is 8.03. The van der Waals surface area contributed by atoms with Crippen LogP contribution in [0.5, 0.6) is 5.75 Å². The molecule has 0 saturated carbocycles. The second-order valence-electron chi connectivity index (χ2n) is 4.45. The summed E-state index contributed by atoms with van der Waals surface area (Å²) in [4.78, 5) is 0. The van der Waals surface area contributed by atoms with Gasteiger partial charge in [-0.1, -0.05) is 31.2 Å². The molecular weight excluding hydrogens is 241 g/mol. The van der Waals surface area contributed by atoms with Crippen LogP contribution in [0.4, 0.5) is 4.39 Å². The van der Waals surface area contributed by atoms with Crippen molar-refractivity contribution in [2.45, 2.75) is 19.4 Å². The van der Waals surface area contributed by atoms with Gasteiger partial charge in [-0.25, -0.2) is 4.39 Å². The number of halogens is 1. The molecule has 0 spiro atoms. The fourth-order valence-corrected chi connectivity index (χ4v) is 1.85. The molecule has 2 aromatic rings. The summed E-state index contributed by atoms with van der Waals surface area (Å²) < 4.78 is 18.4. The summed E-state index contributed by atoms with van der Waals surface area (Å²) in [5, 5.41) is 0. The largest absolute Gasteiger partial charge is 0.494 e. The third kappa shape index (κ3) is 3.55. The first-order valence-electron chi connectivity index (χ1n) is 6.44. The zero-order valence-electron chi connectivity index (χ0n) is 11.0. The van der Waals surface area contributed by atoms with Crippen molar-refractivity contribution >= 4 is 0 Å². The van der Waals surface area contributed by atoms with Crippen molar-refractivity contribution in [3.63, 3.8) is 0 Å². The molecule has 1 atom stereocenters. The molecule has 0 aromatic heterocycles. The van der Waals surface area contributed by atoms with Crippen molar-refractivity contribution in [3.8, 4) is 5.75 Å². The van der Waals surface area contributed by atoms with Gasteiger partial charge in [0.15, 0.2) is 0 Å². The third-order valence-electron chi connectivity index (χ3n) is 2.94. The minimum Gasteiger partial charge on any atom is -0.494 e. The summed E-state index contributed by atoms with van der Waals surface area (Å²) in [6, 6.07) is 13.7. The minimum absolute atomic E-state index is 0.249. The Morgan fingerprint density at radius 3 is 2.05 bits per heavy atom. The Bertz CT molecular complexity index is 507. The van der Waals surface area contributed by atoms with Crippen LogP contribution < -0.4 is 10.5 Å². The van der Waals surface area contributed by atoms with E-state index in [9.17, 15) is 4.39 Å². The van der Waals surface area contributed by atoms with E-state index in [-0.39, 0.29) is 11.9 Å². The lowest BCUT2D eigenvalue weighted by Gasteiger charge is -2.13. The van der Waals surface area contributed by atoms with Crippen LogP contribution in [0.15, 0.2) is 48.5 Å². The summed E-state index contributed by atoms with van der Waals surface area (Å²) in [7, 11) is 0. The fraction of sp³-hybridized carbons (Fsp3) is 0.250. The van der Waals surface area contributed by atoms with Gasteiger partial charge >= 0.3 is 0 Å². The van der Waals surface area contributed by atoms with Crippen molar-refractivity contribution in [1.29, 1.82) is 0 Å². The topological polar surface area (TPSA) is 35.2 Å². The second kappa shape index (κ2) is 6.34. The van der Waals surface area contributed by atoms with Crippen LogP contribution in [0.2, 0.25) is 0 Å². The van der Waals surface area contributed by atoms with Gasteiger partial charge in [0, 0.05) is 0 Å². The number of ether oxygens (including phenoxy) is 1. The number of nitrogens with two attached hydrogens (primary N) is 1. The fourth-order valence-electron chi connectivity index (χ4n) is 1.85. The Morgan fingerprint density at radius 2 is 1.53 bits per heavy atom. The molecule has 2 rings (SSSR count). The molecule has 1 unspecified atom stereocenters. The lowest BCUT2D eigenvalue weighted by molar-refractivity contribution is 0.317. The van der Waals surface area contributed by atoms with Gasteiger partial charge in [0.25, 0.3) is 0 Å². The highest BCUT2D eigenvalue weighted by Crippen LogP contribution is 2.22. The van der Waals surface area contributed by atoms with E-state index in [0.29, 0.717) is 6.61 Å². The quantitative estimate of drug-likeness (QED) is 0.889. The molecule has 0 bridgehead atoms. The number of benzene rings is 2. The van der Waals surface area contributed by atoms with Crippen molar-refractivity contribution < 1.29 is 9.13 Å². The van der Waals surface area contributed by atoms with E-state index in [1.54, 1.807) is 12.1 Å². The SMILES string of the molecule is CCCOc1ccc(C(N)c2ccc(F)cc2)cc1. The van der Waals surface area contributed by atoms with Gasteiger partial charge in [0.1, 0.15) is 11.6 Å². The van der Waals surface area contributed by atoms with Crippen molar-refractivity contribution in [3.05, 3.63) is 65.5 Å². The van der Waals surface area contributed by atoms with Crippen LogP contribution >= 0.6 is 0 Å². The monoisotopic (exact) mass is 259 g/mol. The van der Waals surface area contributed by atoms with E-state index in [2.05, 4.69) is 6.92 Å². The Kier molecular flexibility index (Phi) is 4.53. The van der Waals surface area contributed by atoms with Crippen LogP contribution in [0.3, 0.4) is 0 Å². The summed E-state index contributed by atoms with van der Waals surface area (Å²) in [5.74, 6) is 0.594. The number of rotatable bonds is 5. The molecule has 0 saturated heterocycles. The Hall–Kier alpha value is -1.87. The molecule has 0 heterocycles. The molecule has 0 aliphatic heterocycles.